The first kappa shape index (κ1) is 11.0. The second-order valence-electron chi connectivity index (χ2n) is 4.55. The summed E-state index contributed by atoms with van der Waals surface area (Å²) < 4.78 is 0. The van der Waals surface area contributed by atoms with E-state index in [0.29, 0.717) is 18.9 Å². The maximum absolute atomic E-state index is 11.5. The van der Waals surface area contributed by atoms with E-state index < -0.39 is 0 Å². The van der Waals surface area contributed by atoms with Crippen LogP contribution in [0.25, 0.3) is 0 Å². The van der Waals surface area contributed by atoms with E-state index in [4.69, 9.17) is 5.26 Å². The molecule has 0 bridgehead atoms. The summed E-state index contributed by atoms with van der Waals surface area (Å²) in [5, 5.41) is 8.74. The molecule has 3 heteroatoms. The van der Waals surface area contributed by atoms with Gasteiger partial charge in [-0.15, -0.1) is 0 Å². The lowest BCUT2D eigenvalue weighted by Gasteiger charge is -2.25. The first-order valence-electron chi connectivity index (χ1n) is 5.23. The van der Waals surface area contributed by atoms with Crippen LogP contribution < -0.4 is 0 Å². The summed E-state index contributed by atoms with van der Waals surface area (Å²) in [4.78, 5) is 13.4. The summed E-state index contributed by atoms with van der Waals surface area (Å²) in [6.07, 6.45) is 1.43. The molecule has 14 heavy (non-hydrogen) atoms. The summed E-state index contributed by atoms with van der Waals surface area (Å²) in [5.41, 5.74) is 0. The normalized spacial score (nSPS) is 24.1. The number of nitriles is 1. The number of carbonyl (C=O) groups is 1. The summed E-state index contributed by atoms with van der Waals surface area (Å²) in [7, 11) is 0. The van der Waals surface area contributed by atoms with Crippen molar-refractivity contribution in [3.63, 3.8) is 0 Å². The minimum Gasteiger partial charge on any atom is -0.339 e. The molecule has 1 aliphatic rings. The van der Waals surface area contributed by atoms with Crippen LogP contribution in [-0.2, 0) is 4.79 Å². The topological polar surface area (TPSA) is 44.1 Å². The third kappa shape index (κ3) is 2.47. The fraction of sp³-hybridized carbons (Fsp3) is 0.818. The van der Waals surface area contributed by atoms with Crippen molar-refractivity contribution in [2.45, 2.75) is 39.7 Å². The molecule has 2 unspecified atom stereocenters. The van der Waals surface area contributed by atoms with Gasteiger partial charge in [0.15, 0.2) is 0 Å². The molecule has 2 atom stereocenters. The number of likely N-dealkylation sites (tertiary alicyclic amines) is 1. The Labute approximate surface area is 85.7 Å². The van der Waals surface area contributed by atoms with Crippen LogP contribution in [0.1, 0.15) is 33.6 Å². The summed E-state index contributed by atoms with van der Waals surface area (Å²) in [6, 6.07) is 2.45. The van der Waals surface area contributed by atoms with Gasteiger partial charge in [0, 0.05) is 19.0 Å². The van der Waals surface area contributed by atoms with Gasteiger partial charge in [0.05, 0.1) is 12.0 Å². The number of rotatable bonds is 3. The molecule has 1 aliphatic heterocycles. The van der Waals surface area contributed by atoms with Crippen molar-refractivity contribution in [1.82, 2.24) is 4.90 Å². The second-order valence-corrected chi connectivity index (χ2v) is 4.55. The molecule has 3 nitrogen and oxygen atoms in total. The molecule has 0 aromatic rings. The SMILES string of the molecule is CC(C)CC(C)N1CC(C#N)CC1=O. The molecular formula is C11H18N2O. The van der Waals surface area contributed by atoms with Crippen molar-refractivity contribution in [1.29, 1.82) is 5.26 Å². The third-order valence-electron chi connectivity index (χ3n) is 2.69. The van der Waals surface area contributed by atoms with Gasteiger partial charge in [-0.3, -0.25) is 4.79 Å². The van der Waals surface area contributed by atoms with Crippen LogP contribution in [0.15, 0.2) is 0 Å². The van der Waals surface area contributed by atoms with Crippen molar-refractivity contribution >= 4 is 5.91 Å². The van der Waals surface area contributed by atoms with Crippen molar-refractivity contribution in [2.24, 2.45) is 11.8 Å². The van der Waals surface area contributed by atoms with Gasteiger partial charge in [-0.1, -0.05) is 13.8 Å². The Morgan fingerprint density at radius 3 is 2.64 bits per heavy atom. The average molecular weight is 194 g/mol. The van der Waals surface area contributed by atoms with Gasteiger partial charge >= 0.3 is 0 Å². The van der Waals surface area contributed by atoms with Gasteiger partial charge in [0.2, 0.25) is 5.91 Å². The maximum atomic E-state index is 11.5. The molecule has 1 rings (SSSR count). The van der Waals surface area contributed by atoms with Crippen LogP contribution in [0.2, 0.25) is 0 Å². The Morgan fingerprint density at radius 1 is 1.57 bits per heavy atom. The molecule has 0 spiro atoms. The van der Waals surface area contributed by atoms with Crippen LogP contribution in [0.4, 0.5) is 0 Å². The standard InChI is InChI=1S/C11H18N2O/c1-8(2)4-9(3)13-7-10(6-12)5-11(13)14/h8-10H,4-5,7H2,1-3H3. The predicted molar refractivity (Wildman–Crippen MR) is 54.4 cm³/mol. The molecule has 0 aliphatic carbocycles. The number of hydrogen-bond donors (Lipinski definition) is 0. The smallest absolute Gasteiger partial charge is 0.224 e. The predicted octanol–water partition coefficient (Wildman–Crippen LogP) is 1.79. The molecule has 1 amide bonds. The minimum absolute atomic E-state index is 0.0860. The monoisotopic (exact) mass is 194 g/mol. The Morgan fingerprint density at radius 2 is 2.21 bits per heavy atom. The maximum Gasteiger partial charge on any atom is 0.224 e. The summed E-state index contributed by atoms with van der Waals surface area (Å²) in [5.74, 6) is 0.653. The summed E-state index contributed by atoms with van der Waals surface area (Å²) in [6.45, 7) is 7.00. The van der Waals surface area contributed by atoms with Gasteiger partial charge in [0.25, 0.3) is 0 Å². The van der Waals surface area contributed by atoms with E-state index in [-0.39, 0.29) is 17.9 Å². The first-order chi connectivity index (χ1) is 6.54. The van der Waals surface area contributed by atoms with Crippen LogP contribution in [-0.4, -0.2) is 23.4 Å². The molecular weight excluding hydrogens is 176 g/mol. The minimum atomic E-state index is -0.0860. The van der Waals surface area contributed by atoms with Crippen LogP contribution in [0, 0.1) is 23.2 Å². The number of amides is 1. The molecule has 0 saturated carbocycles. The Bertz CT molecular complexity index is 255. The van der Waals surface area contributed by atoms with E-state index >= 15 is 0 Å². The van der Waals surface area contributed by atoms with Gasteiger partial charge < -0.3 is 4.90 Å². The van der Waals surface area contributed by atoms with Gasteiger partial charge in [-0.2, -0.15) is 5.26 Å². The molecule has 0 aromatic heterocycles. The molecule has 78 valence electrons. The molecule has 0 radical (unpaired) electrons. The highest BCUT2D eigenvalue weighted by Crippen LogP contribution is 2.22. The van der Waals surface area contributed by atoms with E-state index in [1.165, 1.54) is 0 Å². The highest BCUT2D eigenvalue weighted by Gasteiger charge is 2.32. The second kappa shape index (κ2) is 4.45. The molecule has 0 N–H and O–H groups in total. The fourth-order valence-corrected chi connectivity index (χ4v) is 2.05. The molecule has 1 heterocycles. The zero-order chi connectivity index (χ0) is 10.7. The lowest BCUT2D eigenvalue weighted by molar-refractivity contribution is -0.129. The average Bonchev–Trinajstić information content (AvgIpc) is 2.45. The van der Waals surface area contributed by atoms with Crippen molar-refractivity contribution in [3.05, 3.63) is 0 Å². The number of nitrogens with zero attached hydrogens (tertiary/aromatic N) is 2. The first-order valence-corrected chi connectivity index (χ1v) is 5.23. The molecule has 1 saturated heterocycles. The van der Waals surface area contributed by atoms with E-state index in [0.717, 1.165) is 6.42 Å². The van der Waals surface area contributed by atoms with Crippen LogP contribution in [0.5, 0.6) is 0 Å². The van der Waals surface area contributed by atoms with Crippen LogP contribution in [0.3, 0.4) is 0 Å². The van der Waals surface area contributed by atoms with E-state index in [2.05, 4.69) is 26.8 Å². The highest BCUT2D eigenvalue weighted by molar-refractivity contribution is 5.79. The van der Waals surface area contributed by atoms with Crippen LogP contribution >= 0.6 is 0 Å². The zero-order valence-corrected chi connectivity index (χ0v) is 9.16. The van der Waals surface area contributed by atoms with Gasteiger partial charge in [0.1, 0.15) is 0 Å². The largest absolute Gasteiger partial charge is 0.339 e. The highest BCUT2D eigenvalue weighted by atomic mass is 16.2. The third-order valence-corrected chi connectivity index (χ3v) is 2.69. The fourth-order valence-electron chi connectivity index (χ4n) is 2.05. The number of carbonyl (C=O) groups excluding carboxylic acids is 1. The molecule has 1 fully saturated rings. The van der Waals surface area contributed by atoms with Gasteiger partial charge in [-0.05, 0) is 19.3 Å². The van der Waals surface area contributed by atoms with E-state index in [1.807, 2.05) is 4.90 Å². The van der Waals surface area contributed by atoms with Crippen molar-refractivity contribution < 1.29 is 4.79 Å². The number of hydrogen-bond acceptors (Lipinski definition) is 2. The Balaban J connectivity index is 2.53. The Hall–Kier alpha value is -1.04. The Kier molecular flexibility index (Phi) is 3.51. The van der Waals surface area contributed by atoms with Crippen molar-refractivity contribution in [2.75, 3.05) is 6.54 Å². The van der Waals surface area contributed by atoms with Gasteiger partial charge in [-0.25, -0.2) is 0 Å². The zero-order valence-electron chi connectivity index (χ0n) is 9.16. The van der Waals surface area contributed by atoms with E-state index in [1.54, 1.807) is 0 Å². The van der Waals surface area contributed by atoms with Crippen molar-refractivity contribution in [3.8, 4) is 6.07 Å². The summed E-state index contributed by atoms with van der Waals surface area (Å²) >= 11 is 0. The van der Waals surface area contributed by atoms with E-state index in [9.17, 15) is 4.79 Å². The molecule has 0 aromatic carbocycles. The quantitative estimate of drug-likeness (QED) is 0.687. The lowest BCUT2D eigenvalue weighted by Crippen LogP contribution is -2.35. The lowest BCUT2D eigenvalue weighted by atomic mass is 10.0.